The normalized spacial score (nSPS) is 16.5. The Morgan fingerprint density at radius 3 is 2.45 bits per heavy atom. The summed E-state index contributed by atoms with van der Waals surface area (Å²) in [6, 6.07) is 14.0. The molecule has 0 unspecified atom stereocenters. The number of benzene rings is 2. The first-order valence-corrected chi connectivity index (χ1v) is 10.9. The lowest BCUT2D eigenvalue weighted by atomic mass is 10.1. The summed E-state index contributed by atoms with van der Waals surface area (Å²) in [4.78, 5) is 27.6. The second-order valence-electron chi connectivity index (χ2n) is 7.73. The fourth-order valence-electron chi connectivity index (χ4n) is 3.56. The molecule has 6 nitrogen and oxygen atoms in total. The largest absolute Gasteiger partial charge is 0.497 e. The lowest BCUT2D eigenvalue weighted by Gasteiger charge is -2.29. The Kier molecular flexibility index (Phi) is 8.32. The van der Waals surface area contributed by atoms with Gasteiger partial charge >= 0.3 is 0 Å². The molecule has 2 aromatic rings. The van der Waals surface area contributed by atoms with Crippen molar-refractivity contribution in [2.24, 2.45) is 0 Å². The van der Waals surface area contributed by atoms with Gasteiger partial charge in [0.1, 0.15) is 11.8 Å². The maximum atomic E-state index is 13.2. The van der Waals surface area contributed by atoms with Crippen LogP contribution in [0.1, 0.15) is 30.9 Å². The van der Waals surface area contributed by atoms with E-state index in [4.69, 9.17) is 21.1 Å². The van der Waals surface area contributed by atoms with Crippen LogP contribution in [0, 0.1) is 0 Å². The minimum absolute atomic E-state index is 0.0518. The van der Waals surface area contributed by atoms with Crippen molar-refractivity contribution in [3.63, 3.8) is 0 Å². The second-order valence-corrected chi connectivity index (χ2v) is 8.17. The van der Waals surface area contributed by atoms with E-state index in [1.165, 1.54) is 0 Å². The standard InChI is InChI=1S/C24H29ClN2O4/c1-17(24(29)26-15-22-4-3-13-31-22)27(16-19-7-11-21(30-2)12-8-19)23(28)14-18-5-9-20(25)10-6-18/h5-12,17,22H,3-4,13-16H2,1-2H3,(H,26,29)/t17-,22-/m1/s1. The number of nitrogens with zero attached hydrogens (tertiary/aromatic N) is 1. The summed E-state index contributed by atoms with van der Waals surface area (Å²) in [5.41, 5.74) is 1.77. The molecule has 0 radical (unpaired) electrons. The number of nitrogens with one attached hydrogen (secondary N) is 1. The third kappa shape index (κ3) is 6.71. The van der Waals surface area contributed by atoms with Gasteiger partial charge in [0.2, 0.25) is 11.8 Å². The summed E-state index contributed by atoms with van der Waals surface area (Å²) in [7, 11) is 1.61. The fraction of sp³-hybridized carbons (Fsp3) is 0.417. The van der Waals surface area contributed by atoms with Gasteiger partial charge in [-0.3, -0.25) is 9.59 Å². The number of carbonyl (C=O) groups excluding carboxylic acids is 2. The highest BCUT2D eigenvalue weighted by molar-refractivity contribution is 6.30. The van der Waals surface area contributed by atoms with E-state index in [0.29, 0.717) is 18.1 Å². The number of hydrogen-bond donors (Lipinski definition) is 1. The molecule has 1 N–H and O–H groups in total. The van der Waals surface area contributed by atoms with Crippen molar-refractivity contribution in [3.8, 4) is 5.75 Å². The molecule has 1 aliphatic rings. The highest BCUT2D eigenvalue weighted by Gasteiger charge is 2.27. The van der Waals surface area contributed by atoms with Gasteiger partial charge in [-0.05, 0) is 55.2 Å². The first kappa shape index (κ1) is 23.1. The van der Waals surface area contributed by atoms with Gasteiger partial charge in [0.05, 0.1) is 19.6 Å². The van der Waals surface area contributed by atoms with Gasteiger partial charge in [-0.1, -0.05) is 35.9 Å². The molecular weight excluding hydrogens is 416 g/mol. The summed E-state index contributed by atoms with van der Waals surface area (Å²) >= 11 is 5.95. The molecule has 2 aromatic carbocycles. The van der Waals surface area contributed by atoms with E-state index in [-0.39, 0.29) is 24.3 Å². The highest BCUT2D eigenvalue weighted by atomic mass is 35.5. The van der Waals surface area contributed by atoms with Crippen LogP contribution in [-0.4, -0.2) is 49.1 Å². The zero-order chi connectivity index (χ0) is 22.2. The molecule has 1 heterocycles. The molecule has 2 atom stereocenters. The molecule has 0 bridgehead atoms. The minimum Gasteiger partial charge on any atom is -0.497 e. The molecule has 0 spiro atoms. The lowest BCUT2D eigenvalue weighted by molar-refractivity contribution is -0.140. The SMILES string of the molecule is COc1ccc(CN(C(=O)Cc2ccc(Cl)cc2)[C@H](C)C(=O)NC[C@H]2CCCO2)cc1. The van der Waals surface area contributed by atoms with Crippen LogP contribution in [0.2, 0.25) is 5.02 Å². The van der Waals surface area contributed by atoms with Gasteiger partial charge in [-0.15, -0.1) is 0 Å². The van der Waals surface area contributed by atoms with Crippen LogP contribution in [0.4, 0.5) is 0 Å². The second kappa shape index (κ2) is 11.2. The summed E-state index contributed by atoms with van der Waals surface area (Å²) in [6.45, 7) is 3.28. The molecule has 1 saturated heterocycles. The minimum atomic E-state index is -0.622. The van der Waals surface area contributed by atoms with Crippen molar-refractivity contribution in [1.82, 2.24) is 10.2 Å². The topological polar surface area (TPSA) is 67.9 Å². The van der Waals surface area contributed by atoms with Gasteiger partial charge in [0, 0.05) is 24.7 Å². The summed E-state index contributed by atoms with van der Waals surface area (Å²) in [5, 5.41) is 3.56. The smallest absolute Gasteiger partial charge is 0.242 e. The van der Waals surface area contributed by atoms with Gasteiger partial charge in [-0.2, -0.15) is 0 Å². The molecule has 3 rings (SSSR count). The van der Waals surface area contributed by atoms with Crippen molar-refractivity contribution >= 4 is 23.4 Å². The number of methoxy groups -OCH3 is 1. The van der Waals surface area contributed by atoms with Gasteiger partial charge in [0.15, 0.2) is 0 Å². The van der Waals surface area contributed by atoms with Crippen LogP contribution in [0.15, 0.2) is 48.5 Å². The first-order valence-electron chi connectivity index (χ1n) is 10.5. The first-order chi connectivity index (χ1) is 15.0. The van der Waals surface area contributed by atoms with E-state index in [1.807, 2.05) is 36.4 Å². The summed E-state index contributed by atoms with van der Waals surface area (Å²) in [6.07, 6.45) is 2.20. The van der Waals surface area contributed by atoms with Crippen LogP contribution in [0.25, 0.3) is 0 Å². The number of hydrogen-bond acceptors (Lipinski definition) is 4. The Labute approximate surface area is 188 Å². The van der Waals surface area contributed by atoms with Crippen molar-refractivity contribution in [3.05, 3.63) is 64.7 Å². The van der Waals surface area contributed by atoms with Crippen LogP contribution in [0.3, 0.4) is 0 Å². The van der Waals surface area contributed by atoms with Crippen LogP contribution >= 0.6 is 11.6 Å². The predicted octanol–water partition coefficient (Wildman–Crippen LogP) is 3.60. The molecule has 2 amide bonds. The molecule has 166 valence electrons. The van der Waals surface area contributed by atoms with E-state index < -0.39 is 6.04 Å². The van der Waals surface area contributed by atoms with Crippen LogP contribution < -0.4 is 10.1 Å². The van der Waals surface area contributed by atoms with Crippen LogP contribution in [-0.2, 0) is 27.3 Å². The quantitative estimate of drug-likeness (QED) is 0.641. The zero-order valence-corrected chi connectivity index (χ0v) is 18.7. The Hall–Kier alpha value is -2.57. The lowest BCUT2D eigenvalue weighted by Crippen LogP contribution is -2.49. The Bertz CT molecular complexity index is 864. The summed E-state index contributed by atoms with van der Waals surface area (Å²) in [5.74, 6) is 0.427. The van der Waals surface area contributed by atoms with Crippen molar-refractivity contribution in [1.29, 1.82) is 0 Å². The van der Waals surface area contributed by atoms with E-state index in [0.717, 1.165) is 36.3 Å². The monoisotopic (exact) mass is 444 g/mol. The average Bonchev–Trinajstić information content (AvgIpc) is 3.31. The fourth-order valence-corrected chi connectivity index (χ4v) is 3.68. The molecule has 31 heavy (non-hydrogen) atoms. The Morgan fingerprint density at radius 2 is 1.84 bits per heavy atom. The number of rotatable bonds is 9. The van der Waals surface area contributed by atoms with Gasteiger partial charge in [0.25, 0.3) is 0 Å². The predicted molar refractivity (Wildman–Crippen MR) is 120 cm³/mol. The van der Waals surface area contributed by atoms with E-state index in [2.05, 4.69) is 5.32 Å². The van der Waals surface area contributed by atoms with E-state index in [1.54, 1.807) is 31.1 Å². The van der Waals surface area contributed by atoms with Crippen molar-refractivity contribution in [2.45, 2.75) is 44.9 Å². The number of halogens is 1. The number of amides is 2. The molecular formula is C24H29ClN2O4. The molecule has 1 fully saturated rings. The molecule has 0 aliphatic carbocycles. The summed E-state index contributed by atoms with van der Waals surface area (Å²) < 4.78 is 10.8. The third-order valence-electron chi connectivity index (χ3n) is 5.48. The molecule has 1 aliphatic heterocycles. The van der Waals surface area contributed by atoms with Gasteiger partial charge in [-0.25, -0.2) is 0 Å². The van der Waals surface area contributed by atoms with Gasteiger partial charge < -0.3 is 19.7 Å². The average molecular weight is 445 g/mol. The van der Waals surface area contributed by atoms with E-state index >= 15 is 0 Å². The maximum absolute atomic E-state index is 13.2. The van der Waals surface area contributed by atoms with Crippen molar-refractivity contribution < 1.29 is 19.1 Å². The highest BCUT2D eigenvalue weighted by Crippen LogP contribution is 2.17. The van der Waals surface area contributed by atoms with Crippen molar-refractivity contribution in [2.75, 3.05) is 20.3 Å². The molecule has 0 aromatic heterocycles. The van der Waals surface area contributed by atoms with E-state index in [9.17, 15) is 9.59 Å². The maximum Gasteiger partial charge on any atom is 0.242 e. The molecule has 0 saturated carbocycles. The Balaban J connectivity index is 1.71. The van der Waals surface area contributed by atoms with Crippen LogP contribution in [0.5, 0.6) is 5.75 Å². The number of carbonyl (C=O) groups is 2. The number of ether oxygens (including phenoxy) is 2. The Morgan fingerprint density at radius 1 is 1.16 bits per heavy atom. The molecule has 7 heteroatoms. The zero-order valence-electron chi connectivity index (χ0n) is 18.0. The third-order valence-corrected chi connectivity index (χ3v) is 5.73.